The molecule has 0 aliphatic carbocycles. The molecule has 0 aliphatic rings. The topological polar surface area (TPSA) is 91.2 Å². The second-order valence-electron chi connectivity index (χ2n) is 6.98. The van der Waals surface area contributed by atoms with Crippen LogP contribution < -0.4 is 15.4 Å². The number of anilines is 2. The van der Waals surface area contributed by atoms with Crippen molar-refractivity contribution in [3.63, 3.8) is 0 Å². The third-order valence-electron chi connectivity index (χ3n) is 4.53. The van der Waals surface area contributed by atoms with Crippen LogP contribution in [0.3, 0.4) is 0 Å². The highest BCUT2D eigenvalue weighted by Gasteiger charge is 2.31. The fraction of sp³-hybridized carbons (Fsp3) is 0.125. The summed E-state index contributed by atoms with van der Waals surface area (Å²) < 4.78 is 45.0. The average molecular weight is 453 g/mol. The summed E-state index contributed by atoms with van der Waals surface area (Å²) in [6, 6.07) is 17.7. The zero-order valence-electron chi connectivity index (χ0n) is 17.4. The standard InChI is InChI=1S/C24H18F3N3O3/c1-15(31)29-21-10-9-19(24(25,26)27)12-22(21)30-23(32)16-7-4-8-20(11-16)33-14-18-6-3-2-5-17(18)13-28/h2-12H,14H2,1H3,(H,29,31)(H,30,32). The number of nitriles is 1. The molecule has 0 unspecified atom stereocenters. The summed E-state index contributed by atoms with van der Waals surface area (Å²) in [6.45, 7) is 1.30. The molecule has 0 bridgehead atoms. The molecular formula is C24H18F3N3O3. The maximum atomic E-state index is 13.1. The van der Waals surface area contributed by atoms with E-state index in [0.717, 1.165) is 18.2 Å². The van der Waals surface area contributed by atoms with Gasteiger partial charge in [-0.15, -0.1) is 0 Å². The SMILES string of the molecule is CC(=O)Nc1ccc(C(F)(F)F)cc1NC(=O)c1cccc(OCc2ccccc2C#N)c1. The maximum Gasteiger partial charge on any atom is 0.416 e. The monoisotopic (exact) mass is 453 g/mol. The molecule has 9 heteroatoms. The van der Waals surface area contributed by atoms with Gasteiger partial charge in [0, 0.05) is 18.1 Å². The molecule has 0 saturated heterocycles. The Labute approximate surface area is 187 Å². The van der Waals surface area contributed by atoms with E-state index in [1.807, 2.05) is 0 Å². The highest BCUT2D eigenvalue weighted by atomic mass is 19.4. The van der Waals surface area contributed by atoms with Crippen LogP contribution >= 0.6 is 0 Å². The van der Waals surface area contributed by atoms with Crippen LogP contribution in [0.4, 0.5) is 24.5 Å². The number of nitrogens with zero attached hydrogens (tertiary/aromatic N) is 1. The Morgan fingerprint density at radius 2 is 1.73 bits per heavy atom. The van der Waals surface area contributed by atoms with Gasteiger partial charge in [0.1, 0.15) is 12.4 Å². The highest BCUT2D eigenvalue weighted by molar-refractivity contribution is 6.07. The number of amides is 2. The second kappa shape index (κ2) is 9.87. The Hall–Kier alpha value is -4.32. The molecule has 168 valence electrons. The first-order valence-corrected chi connectivity index (χ1v) is 9.68. The summed E-state index contributed by atoms with van der Waals surface area (Å²) in [5.41, 5.74) is 0.122. The number of rotatable bonds is 6. The first-order valence-electron chi connectivity index (χ1n) is 9.68. The van der Waals surface area contributed by atoms with Crippen molar-refractivity contribution in [2.45, 2.75) is 19.7 Å². The van der Waals surface area contributed by atoms with Gasteiger partial charge in [-0.2, -0.15) is 18.4 Å². The molecule has 2 N–H and O–H groups in total. The number of ether oxygens (including phenoxy) is 1. The number of benzene rings is 3. The van der Waals surface area contributed by atoms with Gasteiger partial charge in [0.05, 0.1) is 28.6 Å². The number of nitrogens with one attached hydrogen (secondary N) is 2. The van der Waals surface area contributed by atoms with Gasteiger partial charge in [0.25, 0.3) is 5.91 Å². The van der Waals surface area contributed by atoms with Crippen LogP contribution in [0, 0.1) is 11.3 Å². The predicted octanol–water partition coefficient (Wildman–Crippen LogP) is 5.37. The van der Waals surface area contributed by atoms with Gasteiger partial charge >= 0.3 is 6.18 Å². The van der Waals surface area contributed by atoms with E-state index in [0.29, 0.717) is 16.9 Å². The van der Waals surface area contributed by atoms with Crippen LogP contribution in [0.2, 0.25) is 0 Å². The molecule has 33 heavy (non-hydrogen) atoms. The quantitative estimate of drug-likeness (QED) is 0.525. The third kappa shape index (κ3) is 6.11. The zero-order chi connectivity index (χ0) is 24.0. The van der Waals surface area contributed by atoms with Crippen LogP contribution in [0.25, 0.3) is 0 Å². The van der Waals surface area contributed by atoms with Crippen molar-refractivity contribution in [3.8, 4) is 11.8 Å². The van der Waals surface area contributed by atoms with E-state index in [-0.39, 0.29) is 23.5 Å². The Morgan fingerprint density at radius 1 is 0.970 bits per heavy atom. The number of carbonyl (C=O) groups is 2. The van der Waals surface area contributed by atoms with Crippen molar-refractivity contribution in [1.82, 2.24) is 0 Å². The summed E-state index contributed by atoms with van der Waals surface area (Å²) in [5, 5.41) is 14.0. The fourth-order valence-corrected chi connectivity index (χ4v) is 2.96. The lowest BCUT2D eigenvalue weighted by Crippen LogP contribution is -2.16. The molecule has 3 aromatic rings. The molecule has 0 saturated carbocycles. The first kappa shape index (κ1) is 23.3. The van der Waals surface area contributed by atoms with Crippen molar-refractivity contribution in [2.75, 3.05) is 10.6 Å². The fourth-order valence-electron chi connectivity index (χ4n) is 2.96. The predicted molar refractivity (Wildman–Crippen MR) is 116 cm³/mol. The number of hydrogen-bond donors (Lipinski definition) is 2. The number of hydrogen-bond acceptors (Lipinski definition) is 4. The van der Waals surface area contributed by atoms with Crippen LogP contribution in [-0.2, 0) is 17.6 Å². The van der Waals surface area contributed by atoms with Crippen molar-refractivity contribution in [2.24, 2.45) is 0 Å². The maximum absolute atomic E-state index is 13.1. The van der Waals surface area contributed by atoms with Crippen molar-refractivity contribution in [3.05, 3.63) is 89.0 Å². The molecular weight excluding hydrogens is 435 g/mol. The molecule has 0 heterocycles. The lowest BCUT2D eigenvalue weighted by atomic mass is 10.1. The van der Waals surface area contributed by atoms with Crippen molar-refractivity contribution < 1.29 is 27.5 Å². The molecule has 6 nitrogen and oxygen atoms in total. The van der Waals surface area contributed by atoms with Crippen molar-refractivity contribution in [1.29, 1.82) is 5.26 Å². The van der Waals surface area contributed by atoms with E-state index in [1.165, 1.54) is 19.1 Å². The molecule has 0 aromatic heterocycles. The first-order chi connectivity index (χ1) is 15.7. The van der Waals surface area contributed by atoms with Gasteiger partial charge in [-0.05, 0) is 42.5 Å². The molecule has 0 fully saturated rings. The summed E-state index contributed by atoms with van der Waals surface area (Å²) >= 11 is 0. The molecule has 3 rings (SSSR count). The van der Waals surface area contributed by atoms with Crippen LogP contribution in [-0.4, -0.2) is 11.8 Å². The molecule has 0 radical (unpaired) electrons. The van der Waals surface area contributed by atoms with E-state index < -0.39 is 23.6 Å². The van der Waals surface area contributed by atoms with Crippen LogP contribution in [0.15, 0.2) is 66.7 Å². The minimum absolute atomic E-state index is 0.0318. The zero-order valence-corrected chi connectivity index (χ0v) is 17.4. The number of carbonyl (C=O) groups excluding carboxylic acids is 2. The smallest absolute Gasteiger partial charge is 0.416 e. The minimum Gasteiger partial charge on any atom is -0.489 e. The van der Waals surface area contributed by atoms with E-state index in [1.54, 1.807) is 36.4 Å². The molecule has 0 atom stereocenters. The van der Waals surface area contributed by atoms with Gasteiger partial charge in [0.2, 0.25) is 5.91 Å². The highest BCUT2D eigenvalue weighted by Crippen LogP contribution is 2.34. The Balaban J connectivity index is 1.80. The van der Waals surface area contributed by atoms with E-state index in [4.69, 9.17) is 10.00 Å². The summed E-state index contributed by atoms with van der Waals surface area (Å²) in [4.78, 5) is 24.1. The Morgan fingerprint density at radius 3 is 2.42 bits per heavy atom. The van der Waals surface area contributed by atoms with E-state index in [9.17, 15) is 22.8 Å². The molecule has 0 aliphatic heterocycles. The summed E-state index contributed by atoms with van der Waals surface area (Å²) in [6.07, 6.45) is -4.62. The molecule has 3 aromatic carbocycles. The normalized spacial score (nSPS) is 10.8. The van der Waals surface area contributed by atoms with Crippen LogP contribution in [0.5, 0.6) is 5.75 Å². The summed E-state index contributed by atoms with van der Waals surface area (Å²) in [7, 11) is 0. The molecule has 0 spiro atoms. The molecule has 2 amide bonds. The largest absolute Gasteiger partial charge is 0.489 e. The Kier molecular flexibility index (Phi) is 6.98. The van der Waals surface area contributed by atoms with Crippen LogP contribution in [0.1, 0.15) is 34.0 Å². The average Bonchev–Trinajstić information content (AvgIpc) is 2.78. The third-order valence-corrected chi connectivity index (χ3v) is 4.53. The van der Waals surface area contributed by atoms with Gasteiger partial charge in [0.15, 0.2) is 0 Å². The summed E-state index contributed by atoms with van der Waals surface area (Å²) in [5.74, 6) is -0.858. The van der Waals surface area contributed by atoms with Gasteiger partial charge < -0.3 is 15.4 Å². The van der Waals surface area contributed by atoms with Crippen molar-refractivity contribution >= 4 is 23.2 Å². The minimum atomic E-state index is -4.62. The van der Waals surface area contributed by atoms with E-state index in [2.05, 4.69) is 16.7 Å². The van der Waals surface area contributed by atoms with Gasteiger partial charge in [-0.3, -0.25) is 9.59 Å². The Bertz CT molecular complexity index is 1230. The van der Waals surface area contributed by atoms with E-state index >= 15 is 0 Å². The lowest BCUT2D eigenvalue weighted by molar-refractivity contribution is -0.137. The number of halogens is 3. The lowest BCUT2D eigenvalue weighted by Gasteiger charge is -2.15. The number of alkyl halides is 3. The van der Waals surface area contributed by atoms with Gasteiger partial charge in [-0.1, -0.05) is 24.3 Å². The van der Waals surface area contributed by atoms with Gasteiger partial charge in [-0.25, -0.2) is 0 Å². The second-order valence-corrected chi connectivity index (χ2v) is 6.98.